The predicted molar refractivity (Wildman–Crippen MR) is 126 cm³/mol. The highest BCUT2D eigenvalue weighted by Crippen LogP contribution is 2.37. The van der Waals surface area contributed by atoms with Gasteiger partial charge in [0.25, 0.3) is 0 Å². The van der Waals surface area contributed by atoms with E-state index in [-0.39, 0.29) is 5.41 Å². The minimum absolute atomic E-state index is 0.117. The summed E-state index contributed by atoms with van der Waals surface area (Å²) < 4.78 is 11.1. The maximum atomic E-state index is 5.80. The molecular formula is C23H44N2O2S. The SMILES string of the molecule is CCCCN.CNC1COCC(C(C)(C)c2ccc(COC)c(C)c2)C1.CS. The summed E-state index contributed by atoms with van der Waals surface area (Å²) in [4.78, 5) is 0. The van der Waals surface area contributed by atoms with Gasteiger partial charge in [-0.15, -0.1) is 0 Å². The summed E-state index contributed by atoms with van der Waals surface area (Å²) in [7, 11) is 3.77. The number of likely N-dealkylation sites (N-methyl/N-ethyl adjacent to an activating group) is 1. The molecule has 5 heteroatoms. The van der Waals surface area contributed by atoms with Crippen LogP contribution in [0, 0.1) is 12.8 Å². The van der Waals surface area contributed by atoms with E-state index in [1.54, 1.807) is 13.4 Å². The average Bonchev–Trinajstić information content (AvgIpc) is 2.72. The molecule has 164 valence electrons. The Balaban J connectivity index is 0.000000906. The number of rotatable bonds is 7. The van der Waals surface area contributed by atoms with Crippen LogP contribution in [-0.2, 0) is 21.5 Å². The van der Waals surface area contributed by atoms with Crippen LogP contribution in [0.5, 0.6) is 0 Å². The van der Waals surface area contributed by atoms with Crippen LogP contribution in [-0.4, -0.2) is 46.2 Å². The quantitative estimate of drug-likeness (QED) is 0.583. The second kappa shape index (κ2) is 15.3. The fourth-order valence-electron chi connectivity index (χ4n) is 3.39. The Morgan fingerprint density at radius 2 is 1.96 bits per heavy atom. The number of nitrogens with one attached hydrogen (secondary N) is 1. The lowest BCUT2D eigenvalue weighted by Gasteiger charge is -2.40. The van der Waals surface area contributed by atoms with Gasteiger partial charge in [0, 0.05) is 13.2 Å². The molecule has 1 aromatic rings. The van der Waals surface area contributed by atoms with Crippen LogP contribution in [0.4, 0.5) is 0 Å². The molecule has 0 aromatic heterocycles. The molecule has 0 amide bonds. The van der Waals surface area contributed by atoms with Crippen LogP contribution in [0.25, 0.3) is 0 Å². The van der Waals surface area contributed by atoms with Gasteiger partial charge in [-0.2, -0.15) is 12.6 Å². The largest absolute Gasteiger partial charge is 0.380 e. The molecule has 0 radical (unpaired) electrons. The third-order valence-corrected chi connectivity index (χ3v) is 5.58. The molecule has 1 fully saturated rings. The number of hydrogen-bond acceptors (Lipinski definition) is 5. The minimum atomic E-state index is 0.117. The summed E-state index contributed by atoms with van der Waals surface area (Å²) in [6.45, 7) is 12.2. The van der Waals surface area contributed by atoms with Crippen LogP contribution in [0.15, 0.2) is 18.2 Å². The fourth-order valence-corrected chi connectivity index (χ4v) is 3.39. The van der Waals surface area contributed by atoms with Gasteiger partial charge in [-0.05, 0) is 67.6 Å². The molecule has 4 nitrogen and oxygen atoms in total. The summed E-state index contributed by atoms with van der Waals surface area (Å²) in [5, 5.41) is 3.35. The summed E-state index contributed by atoms with van der Waals surface area (Å²) >= 11 is 3.53. The van der Waals surface area contributed by atoms with E-state index < -0.39 is 0 Å². The van der Waals surface area contributed by atoms with E-state index in [2.05, 4.69) is 63.8 Å². The van der Waals surface area contributed by atoms with Gasteiger partial charge in [-0.3, -0.25) is 0 Å². The van der Waals surface area contributed by atoms with Crippen LogP contribution < -0.4 is 11.1 Å². The number of nitrogens with two attached hydrogens (primary N) is 1. The third-order valence-electron chi connectivity index (χ3n) is 5.58. The second-order valence-electron chi connectivity index (χ2n) is 7.89. The molecule has 2 atom stereocenters. The van der Waals surface area contributed by atoms with Crippen molar-refractivity contribution in [3.63, 3.8) is 0 Å². The average molecular weight is 413 g/mol. The Morgan fingerprint density at radius 1 is 1.29 bits per heavy atom. The number of hydrogen-bond donors (Lipinski definition) is 3. The summed E-state index contributed by atoms with van der Waals surface area (Å²) in [5.41, 5.74) is 9.23. The lowest BCUT2D eigenvalue weighted by Crippen LogP contribution is -2.44. The normalized spacial score (nSPS) is 19.2. The van der Waals surface area contributed by atoms with E-state index in [0.29, 0.717) is 18.6 Å². The number of thiol groups is 1. The smallest absolute Gasteiger partial charge is 0.0715 e. The van der Waals surface area contributed by atoms with E-state index in [1.807, 2.05) is 7.05 Å². The van der Waals surface area contributed by atoms with Crippen molar-refractivity contribution in [2.24, 2.45) is 11.7 Å². The number of unbranched alkanes of at least 4 members (excludes halogenated alkanes) is 1. The van der Waals surface area contributed by atoms with E-state index in [0.717, 1.165) is 19.8 Å². The van der Waals surface area contributed by atoms with Crippen molar-refractivity contribution < 1.29 is 9.47 Å². The molecule has 0 aliphatic carbocycles. The van der Waals surface area contributed by atoms with Gasteiger partial charge in [-0.25, -0.2) is 0 Å². The van der Waals surface area contributed by atoms with Crippen molar-refractivity contribution >= 4 is 12.6 Å². The van der Waals surface area contributed by atoms with Crippen LogP contribution in [0.3, 0.4) is 0 Å². The van der Waals surface area contributed by atoms with Crippen molar-refractivity contribution in [3.8, 4) is 0 Å². The third kappa shape index (κ3) is 8.83. The standard InChI is InChI=1S/C18H29NO2.C4H11N.CH4S/c1-13-8-15(7-6-14(13)10-20-5)18(2,3)16-9-17(19-4)12-21-11-16;1-2-3-4-5;1-2/h6-8,16-17,19H,9-12H2,1-5H3;2-5H2,1H3;2H,1H3. The molecule has 3 N–H and O–H groups in total. The Labute approximate surface area is 179 Å². The van der Waals surface area contributed by atoms with E-state index in [9.17, 15) is 0 Å². The number of benzene rings is 1. The van der Waals surface area contributed by atoms with Crippen molar-refractivity contribution in [1.82, 2.24) is 5.32 Å². The molecule has 1 aromatic carbocycles. The lowest BCUT2D eigenvalue weighted by molar-refractivity contribution is 0.00744. The number of methoxy groups -OCH3 is 1. The minimum Gasteiger partial charge on any atom is -0.380 e. The zero-order valence-corrected chi connectivity index (χ0v) is 20.1. The fraction of sp³-hybridized carbons (Fsp3) is 0.739. The van der Waals surface area contributed by atoms with Gasteiger partial charge in [0.1, 0.15) is 0 Å². The Morgan fingerprint density at radius 3 is 2.43 bits per heavy atom. The van der Waals surface area contributed by atoms with Crippen molar-refractivity contribution in [1.29, 1.82) is 0 Å². The first-order valence-corrected chi connectivity index (χ1v) is 11.3. The molecule has 1 aliphatic rings. The number of aryl methyl sites for hydroxylation is 1. The van der Waals surface area contributed by atoms with Crippen molar-refractivity contribution in [3.05, 3.63) is 34.9 Å². The summed E-state index contributed by atoms with van der Waals surface area (Å²) in [6.07, 6.45) is 5.25. The highest BCUT2D eigenvalue weighted by Gasteiger charge is 2.35. The first-order chi connectivity index (χ1) is 13.4. The van der Waals surface area contributed by atoms with Crippen molar-refractivity contribution in [2.75, 3.05) is 40.2 Å². The lowest BCUT2D eigenvalue weighted by atomic mass is 9.70. The van der Waals surface area contributed by atoms with Gasteiger partial charge in [-0.1, -0.05) is 45.4 Å². The van der Waals surface area contributed by atoms with Crippen LogP contribution >= 0.6 is 12.6 Å². The van der Waals surface area contributed by atoms with Crippen LogP contribution in [0.2, 0.25) is 0 Å². The van der Waals surface area contributed by atoms with Crippen molar-refractivity contribution in [2.45, 2.75) is 65.0 Å². The Kier molecular flexibility index (Phi) is 15.0. The zero-order chi connectivity index (χ0) is 21.6. The molecule has 2 rings (SSSR count). The van der Waals surface area contributed by atoms with Gasteiger partial charge in [0.05, 0.1) is 19.8 Å². The summed E-state index contributed by atoms with van der Waals surface area (Å²) in [6, 6.07) is 7.24. The molecular weight excluding hydrogens is 368 g/mol. The topological polar surface area (TPSA) is 56.5 Å². The monoisotopic (exact) mass is 412 g/mol. The predicted octanol–water partition coefficient (Wildman–Crippen LogP) is 4.33. The molecule has 1 aliphatic heterocycles. The Bertz CT molecular complexity index is 521. The number of ether oxygens (including phenoxy) is 2. The molecule has 0 spiro atoms. The Hall–Kier alpha value is -0.590. The summed E-state index contributed by atoms with van der Waals surface area (Å²) in [5.74, 6) is 0.538. The molecule has 0 saturated carbocycles. The van der Waals surface area contributed by atoms with Gasteiger partial charge < -0.3 is 20.5 Å². The maximum absolute atomic E-state index is 5.80. The maximum Gasteiger partial charge on any atom is 0.0715 e. The molecule has 1 heterocycles. The van der Waals surface area contributed by atoms with E-state index in [4.69, 9.17) is 15.2 Å². The molecule has 0 bridgehead atoms. The van der Waals surface area contributed by atoms with E-state index >= 15 is 0 Å². The highest BCUT2D eigenvalue weighted by atomic mass is 32.1. The second-order valence-corrected chi connectivity index (χ2v) is 7.89. The highest BCUT2D eigenvalue weighted by molar-refractivity contribution is 7.79. The first kappa shape index (κ1) is 27.4. The zero-order valence-electron chi connectivity index (χ0n) is 19.2. The van der Waals surface area contributed by atoms with Gasteiger partial charge in [0.2, 0.25) is 0 Å². The first-order valence-electron chi connectivity index (χ1n) is 10.4. The molecule has 2 unspecified atom stereocenters. The van der Waals surface area contributed by atoms with Gasteiger partial charge in [0.15, 0.2) is 0 Å². The van der Waals surface area contributed by atoms with Crippen LogP contribution in [0.1, 0.15) is 56.7 Å². The van der Waals surface area contributed by atoms with Gasteiger partial charge >= 0.3 is 0 Å². The van der Waals surface area contributed by atoms with E-state index in [1.165, 1.54) is 36.0 Å². The molecule has 1 saturated heterocycles. The molecule has 28 heavy (non-hydrogen) atoms.